The number of carboxylic acid groups (broad SMARTS) is 1. The van der Waals surface area contributed by atoms with Gasteiger partial charge < -0.3 is 19.9 Å². The molecule has 126 valence electrons. The minimum atomic E-state index is -0.870. The zero-order chi connectivity index (χ0) is 16.7. The molecule has 6 nitrogen and oxygen atoms in total. The summed E-state index contributed by atoms with van der Waals surface area (Å²) in [6.45, 7) is 3.32. The molecule has 2 unspecified atom stereocenters. The van der Waals surface area contributed by atoms with Gasteiger partial charge in [-0.1, -0.05) is 12.1 Å². The van der Waals surface area contributed by atoms with Gasteiger partial charge in [0.2, 0.25) is 5.91 Å². The van der Waals surface area contributed by atoms with Gasteiger partial charge in [0.25, 0.3) is 0 Å². The summed E-state index contributed by atoms with van der Waals surface area (Å²) in [7, 11) is 0. The van der Waals surface area contributed by atoms with Gasteiger partial charge in [-0.05, 0) is 37.5 Å². The van der Waals surface area contributed by atoms with Crippen LogP contribution in [0.2, 0.25) is 0 Å². The number of ether oxygens (including phenoxy) is 2. The van der Waals surface area contributed by atoms with Gasteiger partial charge in [0.15, 0.2) is 0 Å². The molecule has 0 aliphatic carbocycles. The van der Waals surface area contributed by atoms with E-state index in [2.05, 4.69) is 5.32 Å². The summed E-state index contributed by atoms with van der Waals surface area (Å²) in [6, 6.07) is 6.84. The number of carboxylic acids is 1. The molecule has 1 aliphatic rings. The molecule has 1 aromatic carbocycles. The summed E-state index contributed by atoms with van der Waals surface area (Å²) in [5.41, 5.74) is 1.35. The van der Waals surface area contributed by atoms with Crippen molar-refractivity contribution in [1.29, 1.82) is 0 Å². The molecular formula is C17H23NO5. The highest BCUT2D eigenvalue weighted by Gasteiger charge is 2.15. The van der Waals surface area contributed by atoms with Crippen LogP contribution in [0, 0.1) is 0 Å². The monoisotopic (exact) mass is 321 g/mol. The first-order chi connectivity index (χ1) is 11.1. The molecular weight excluding hydrogens is 298 g/mol. The molecule has 2 atom stereocenters. The Morgan fingerprint density at radius 3 is 2.74 bits per heavy atom. The molecule has 0 spiro atoms. The topological polar surface area (TPSA) is 84.9 Å². The molecule has 1 fully saturated rings. The van der Waals surface area contributed by atoms with Crippen LogP contribution in [0.15, 0.2) is 24.3 Å². The van der Waals surface area contributed by atoms with E-state index in [4.69, 9.17) is 14.6 Å². The van der Waals surface area contributed by atoms with Crippen LogP contribution in [0.25, 0.3) is 0 Å². The van der Waals surface area contributed by atoms with Crippen molar-refractivity contribution in [2.75, 3.05) is 25.1 Å². The Morgan fingerprint density at radius 1 is 1.39 bits per heavy atom. The van der Waals surface area contributed by atoms with Crippen molar-refractivity contribution in [3.05, 3.63) is 29.8 Å². The van der Waals surface area contributed by atoms with Gasteiger partial charge in [0.05, 0.1) is 31.7 Å². The number of anilines is 1. The summed E-state index contributed by atoms with van der Waals surface area (Å²) in [5.74, 6) is -1.56. The van der Waals surface area contributed by atoms with Gasteiger partial charge in [0.1, 0.15) is 0 Å². The third kappa shape index (κ3) is 5.65. The van der Waals surface area contributed by atoms with Crippen molar-refractivity contribution in [2.24, 2.45) is 0 Å². The SMILES string of the molecule is CC(C(=O)O)c1ccc(NC(=O)CCOCC2CCCO2)cc1. The lowest BCUT2D eigenvalue weighted by molar-refractivity contribution is -0.138. The van der Waals surface area contributed by atoms with Gasteiger partial charge in [-0.25, -0.2) is 0 Å². The van der Waals surface area contributed by atoms with E-state index < -0.39 is 11.9 Å². The fourth-order valence-corrected chi connectivity index (χ4v) is 2.38. The molecule has 1 heterocycles. The molecule has 0 saturated carbocycles. The fraction of sp³-hybridized carbons (Fsp3) is 0.529. The molecule has 0 bridgehead atoms. The number of benzene rings is 1. The van der Waals surface area contributed by atoms with Crippen LogP contribution in [0.1, 0.15) is 37.7 Å². The zero-order valence-corrected chi connectivity index (χ0v) is 13.3. The highest BCUT2D eigenvalue weighted by atomic mass is 16.5. The van der Waals surface area contributed by atoms with E-state index >= 15 is 0 Å². The van der Waals surface area contributed by atoms with E-state index in [1.165, 1.54) is 0 Å². The first-order valence-corrected chi connectivity index (χ1v) is 7.88. The fourth-order valence-electron chi connectivity index (χ4n) is 2.38. The molecule has 1 saturated heterocycles. The Balaban J connectivity index is 1.69. The van der Waals surface area contributed by atoms with E-state index in [1.54, 1.807) is 31.2 Å². The predicted octanol–water partition coefficient (Wildman–Crippen LogP) is 2.40. The smallest absolute Gasteiger partial charge is 0.310 e. The quantitative estimate of drug-likeness (QED) is 0.718. The van der Waals surface area contributed by atoms with Gasteiger partial charge >= 0.3 is 5.97 Å². The van der Waals surface area contributed by atoms with E-state index in [0.717, 1.165) is 19.4 Å². The van der Waals surface area contributed by atoms with Crippen molar-refractivity contribution < 1.29 is 24.2 Å². The number of carbonyl (C=O) groups is 2. The highest BCUT2D eigenvalue weighted by Crippen LogP contribution is 2.18. The summed E-state index contributed by atoms with van der Waals surface area (Å²) in [4.78, 5) is 22.7. The van der Waals surface area contributed by atoms with Crippen LogP contribution in [-0.2, 0) is 19.1 Å². The minimum absolute atomic E-state index is 0.128. The van der Waals surface area contributed by atoms with Crippen molar-refractivity contribution >= 4 is 17.6 Å². The Hall–Kier alpha value is -1.92. The summed E-state index contributed by atoms with van der Waals surface area (Å²) < 4.78 is 10.9. The molecule has 1 amide bonds. The van der Waals surface area contributed by atoms with Crippen molar-refractivity contribution in [1.82, 2.24) is 0 Å². The maximum atomic E-state index is 11.8. The molecule has 2 N–H and O–H groups in total. The standard InChI is InChI=1S/C17H23NO5/c1-12(17(20)21)13-4-6-14(7-5-13)18-16(19)8-10-22-11-15-3-2-9-23-15/h4-7,12,15H,2-3,8-11H2,1H3,(H,18,19)(H,20,21). The van der Waals surface area contributed by atoms with E-state index in [0.29, 0.717) is 24.5 Å². The number of hydrogen-bond acceptors (Lipinski definition) is 4. The largest absolute Gasteiger partial charge is 0.481 e. The van der Waals surface area contributed by atoms with E-state index in [-0.39, 0.29) is 18.4 Å². The average Bonchev–Trinajstić information content (AvgIpc) is 3.05. The van der Waals surface area contributed by atoms with Crippen molar-refractivity contribution in [3.8, 4) is 0 Å². The molecule has 0 radical (unpaired) electrons. The Morgan fingerprint density at radius 2 is 2.13 bits per heavy atom. The lowest BCUT2D eigenvalue weighted by Crippen LogP contribution is -2.18. The minimum Gasteiger partial charge on any atom is -0.481 e. The number of carbonyl (C=O) groups excluding carboxylic acids is 1. The number of amides is 1. The second-order valence-electron chi connectivity index (χ2n) is 5.69. The second-order valence-corrected chi connectivity index (χ2v) is 5.69. The summed E-state index contributed by atoms with van der Waals surface area (Å²) in [5, 5.41) is 11.7. The van der Waals surface area contributed by atoms with Crippen LogP contribution in [0.5, 0.6) is 0 Å². The Bertz CT molecular complexity index is 522. The van der Waals surface area contributed by atoms with Gasteiger partial charge in [-0.2, -0.15) is 0 Å². The van der Waals surface area contributed by atoms with Gasteiger partial charge in [-0.15, -0.1) is 0 Å². The molecule has 1 aliphatic heterocycles. The van der Waals surface area contributed by atoms with Crippen molar-refractivity contribution in [2.45, 2.75) is 38.2 Å². The lowest BCUT2D eigenvalue weighted by atomic mass is 10.0. The van der Waals surface area contributed by atoms with Crippen LogP contribution >= 0.6 is 0 Å². The van der Waals surface area contributed by atoms with Crippen LogP contribution in [-0.4, -0.2) is 42.9 Å². The maximum absolute atomic E-state index is 11.8. The second kappa shape index (κ2) is 8.64. The third-order valence-corrected chi connectivity index (χ3v) is 3.87. The molecule has 1 aromatic rings. The molecule has 2 rings (SSSR count). The van der Waals surface area contributed by atoms with Gasteiger partial charge in [-0.3, -0.25) is 9.59 Å². The number of aliphatic carboxylic acids is 1. The van der Waals surface area contributed by atoms with E-state index in [1.807, 2.05) is 0 Å². The number of hydrogen-bond donors (Lipinski definition) is 2. The predicted molar refractivity (Wildman–Crippen MR) is 85.5 cm³/mol. The van der Waals surface area contributed by atoms with Crippen LogP contribution in [0.4, 0.5) is 5.69 Å². The van der Waals surface area contributed by atoms with E-state index in [9.17, 15) is 9.59 Å². The van der Waals surface area contributed by atoms with Gasteiger partial charge in [0, 0.05) is 12.3 Å². The number of rotatable bonds is 8. The summed E-state index contributed by atoms with van der Waals surface area (Å²) in [6.07, 6.45) is 2.54. The zero-order valence-electron chi connectivity index (χ0n) is 13.3. The summed E-state index contributed by atoms with van der Waals surface area (Å²) >= 11 is 0. The third-order valence-electron chi connectivity index (χ3n) is 3.87. The highest BCUT2D eigenvalue weighted by molar-refractivity contribution is 5.90. The first-order valence-electron chi connectivity index (χ1n) is 7.88. The first kappa shape index (κ1) is 17.4. The lowest BCUT2D eigenvalue weighted by Gasteiger charge is -2.11. The van der Waals surface area contributed by atoms with Crippen LogP contribution < -0.4 is 5.32 Å². The normalized spacial score (nSPS) is 18.6. The van der Waals surface area contributed by atoms with Crippen LogP contribution in [0.3, 0.4) is 0 Å². The molecule has 6 heteroatoms. The number of nitrogens with one attached hydrogen (secondary N) is 1. The average molecular weight is 321 g/mol. The Kier molecular flexibility index (Phi) is 6.55. The Labute approximate surface area is 135 Å². The van der Waals surface area contributed by atoms with Crippen molar-refractivity contribution in [3.63, 3.8) is 0 Å². The maximum Gasteiger partial charge on any atom is 0.310 e. The molecule has 0 aromatic heterocycles. The molecule has 23 heavy (non-hydrogen) atoms.